The second-order valence-electron chi connectivity index (χ2n) is 8.99. The number of hydrogen-bond donors (Lipinski definition) is 1. The first kappa shape index (κ1) is 26.0. The van der Waals surface area contributed by atoms with E-state index in [9.17, 15) is 18.8 Å². The number of nitrogens with one attached hydrogen (secondary N) is 1. The molecule has 2 aliphatic heterocycles. The van der Waals surface area contributed by atoms with Crippen molar-refractivity contribution in [3.63, 3.8) is 0 Å². The maximum Gasteiger partial charge on any atom is 0.334 e. The molecule has 2 heterocycles. The molecule has 2 atom stereocenters. The van der Waals surface area contributed by atoms with E-state index in [1.807, 2.05) is 24.5 Å². The number of hydrazine groups is 1. The molecule has 1 N–H and O–H groups in total. The molecule has 4 amide bonds. The van der Waals surface area contributed by atoms with E-state index < -0.39 is 18.2 Å². The fourth-order valence-corrected chi connectivity index (χ4v) is 5.19. The monoisotopic (exact) mass is 509 g/mol. The van der Waals surface area contributed by atoms with Crippen molar-refractivity contribution < 1.29 is 18.8 Å². The van der Waals surface area contributed by atoms with Gasteiger partial charge in [0, 0.05) is 20.1 Å². The van der Waals surface area contributed by atoms with Gasteiger partial charge >= 0.3 is 6.03 Å². The third-order valence-electron chi connectivity index (χ3n) is 6.42. The lowest BCUT2D eigenvalue weighted by atomic mass is 9.94. The predicted molar refractivity (Wildman–Crippen MR) is 138 cm³/mol. The third kappa shape index (κ3) is 5.68. The molecule has 2 saturated heterocycles. The fourth-order valence-electron chi connectivity index (χ4n) is 4.73. The van der Waals surface area contributed by atoms with E-state index in [0.717, 1.165) is 11.1 Å². The van der Waals surface area contributed by atoms with E-state index in [2.05, 4.69) is 5.32 Å². The van der Waals surface area contributed by atoms with Crippen molar-refractivity contribution in [2.75, 3.05) is 32.1 Å². The molecule has 11 heteroatoms. The highest BCUT2D eigenvalue weighted by Gasteiger charge is 2.50. The van der Waals surface area contributed by atoms with Crippen molar-refractivity contribution >= 4 is 42.9 Å². The number of thioether (sulfide) groups is 1. The molecule has 4 rings (SSSR count). The first-order valence-corrected chi connectivity index (χ1v) is 13.1. The van der Waals surface area contributed by atoms with Gasteiger partial charge in [-0.2, -0.15) is 11.8 Å². The topological polar surface area (TPSA) is 76.2 Å². The number of urea groups is 1. The van der Waals surface area contributed by atoms with Gasteiger partial charge in [-0.3, -0.25) is 9.59 Å². The lowest BCUT2D eigenvalue weighted by Gasteiger charge is -2.54. The Kier molecular flexibility index (Phi) is 8.20. The Morgan fingerprint density at radius 2 is 1.92 bits per heavy atom. The molecule has 2 aromatic carbocycles. The van der Waals surface area contributed by atoms with Crippen molar-refractivity contribution in [1.29, 1.82) is 0 Å². The molecule has 0 bridgehead atoms. The molecule has 0 unspecified atom stereocenters. The summed E-state index contributed by atoms with van der Waals surface area (Å²) in [5, 5.41) is 5.97. The van der Waals surface area contributed by atoms with Crippen LogP contribution in [0.5, 0.6) is 0 Å². The minimum absolute atomic E-state index is 0.0151. The largest absolute Gasteiger partial charge is 0.334 e. The van der Waals surface area contributed by atoms with Crippen molar-refractivity contribution in [2.24, 2.45) is 0 Å². The molecule has 188 valence electrons. The van der Waals surface area contributed by atoms with Crippen LogP contribution in [0.1, 0.15) is 17.5 Å². The van der Waals surface area contributed by atoms with Crippen LogP contribution in [0, 0.1) is 5.82 Å². The average Bonchev–Trinajstić information content (AvgIpc) is 2.84. The van der Waals surface area contributed by atoms with Crippen LogP contribution in [0.3, 0.4) is 0 Å². The van der Waals surface area contributed by atoms with Gasteiger partial charge in [0.05, 0.1) is 13.1 Å². The Balaban J connectivity index is 1.59. The zero-order valence-corrected chi connectivity index (χ0v) is 21.2. The summed E-state index contributed by atoms with van der Waals surface area (Å²) in [4.78, 5) is 43.3. The Bertz CT molecular complexity index is 1120. The van der Waals surface area contributed by atoms with Crippen molar-refractivity contribution in [2.45, 2.75) is 31.7 Å². The van der Waals surface area contributed by atoms with Crippen LogP contribution in [0.2, 0.25) is 0 Å². The number of carbonyl (C=O) groups is 3. The van der Waals surface area contributed by atoms with Gasteiger partial charge in [0.15, 0.2) is 0 Å². The summed E-state index contributed by atoms with van der Waals surface area (Å²) in [7, 11) is 7.62. The molecule has 0 aromatic heterocycles. The highest BCUT2D eigenvalue weighted by molar-refractivity contribution is 7.98. The van der Waals surface area contributed by atoms with Crippen LogP contribution in [0.4, 0.5) is 9.18 Å². The van der Waals surface area contributed by atoms with E-state index in [1.54, 1.807) is 51.8 Å². The molecule has 8 nitrogen and oxygen atoms in total. The molecule has 0 aliphatic carbocycles. The first-order valence-electron chi connectivity index (χ1n) is 11.7. The number of fused-ring (bicyclic) bond motifs is 1. The quantitative estimate of drug-likeness (QED) is 0.570. The summed E-state index contributed by atoms with van der Waals surface area (Å²) >= 11 is 1.60. The third-order valence-corrected chi connectivity index (χ3v) is 7.07. The van der Waals surface area contributed by atoms with E-state index in [-0.39, 0.29) is 37.3 Å². The lowest BCUT2D eigenvalue weighted by Crippen LogP contribution is -2.75. The summed E-state index contributed by atoms with van der Waals surface area (Å²) in [6.07, 6.45) is 1.79. The van der Waals surface area contributed by atoms with Gasteiger partial charge in [-0.05, 0) is 41.7 Å². The maximum atomic E-state index is 13.5. The molecule has 2 aromatic rings. The van der Waals surface area contributed by atoms with E-state index in [4.69, 9.17) is 7.85 Å². The minimum Gasteiger partial charge on any atom is -0.333 e. The van der Waals surface area contributed by atoms with Crippen LogP contribution in [-0.2, 0) is 22.7 Å². The number of benzene rings is 2. The Morgan fingerprint density at radius 3 is 2.61 bits per heavy atom. The molecular weight excluding hydrogens is 480 g/mol. The standard InChI is InChI=1S/C25H29BFN5O3S/c1-29-16-23(33)31-21(10-11-36-2)24(34)30(14-18-4-3-5-19(26)12-18)15-22(31)32(29)25(35)28-13-17-6-8-20(27)9-7-17/h3-9,12,21-22H,10-11,13-16H2,1-2H3,(H,28,35)/t21-,22-/m0/s1. The van der Waals surface area contributed by atoms with Gasteiger partial charge in [0.25, 0.3) is 0 Å². The van der Waals surface area contributed by atoms with Gasteiger partial charge in [-0.25, -0.2) is 19.2 Å². The molecule has 2 aliphatic rings. The summed E-state index contributed by atoms with van der Waals surface area (Å²) in [6, 6.07) is 12.2. The number of carbonyl (C=O) groups excluding carboxylic acids is 3. The number of likely N-dealkylation sites (N-methyl/N-ethyl adjacent to an activating group) is 1. The van der Waals surface area contributed by atoms with Gasteiger partial charge in [-0.1, -0.05) is 41.9 Å². The summed E-state index contributed by atoms with van der Waals surface area (Å²) in [5.74, 6) is 0.0323. The Labute approximate surface area is 216 Å². The second-order valence-corrected chi connectivity index (χ2v) is 9.97. The first-order chi connectivity index (χ1) is 17.3. The van der Waals surface area contributed by atoms with Gasteiger partial charge in [-0.15, -0.1) is 0 Å². The second kappa shape index (κ2) is 11.3. The Hall–Kier alpha value is -3.05. The zero-order valence-electron chi connectivity index (χ0n) is 20.4. The van der Waals surface area contributed by atoms with Gasteiger partial charge < -0.3 is 15.1 Å². The van der Waals surface area contributed by atoms with Crippen LogP contribution in [-0.4, -0.2) is 89.9 Å². The minimum atomic E-state index is -0.661. The zero-order chi connectivity index (χ0) is 25.8. The highest BCUT2D eigenvalue weighted by Crippen LogP contribution is 2.28. The lowest BCUT2D eigenvalue weighted by molar-refractivity contribution is -0.187. The summed E-state index contributed by atoms with van der Waals surface area (Å²) in [6.45, 7) is 0.682. The number of halogens is 1. The van der Waals surface area contributed by atoms with Gasteiger partial charge in [0.1, 0.15) is 25.9 Å². The predicted octanol–water partition coefficient (Wildman–Crippen LogP) is 1.31. The normalized spacial score (nSPS) is 20.5. The molecule has 0 saturated carbocycles. The number of amides is 4. The Morgan fingerprint density at radius 1 is 1.17 bits per heavy atom. The average molecular weight is 509 g/mol. The van der Waals surface area contributed by atoms with Crippen LogP contribution in [0.25, 0.3) is 0 Å². The van der Waals surface area contributed by atoms with Crippen molar-refractivity contribution in [3.8, 4) is 0 Å². The number of nitrogens with zero attached hydrogens (tertiary/aromatic N) is 4. The molecule has 0 spiro atoms. The highest BCUT2D eigenvalue weighted by atomic mass is 32.2. The fraction of sp³-hybridized carbons (Fsp3) is 0.400. The smallest absolute Gasteiger partial charge is 0.333 e. The molecule has 36 heavy (non-hydrogen) atoms. The maximum absolute atomic E-state index is 13.5. The van der Waals surface area contributed by atoms with Crippen LogP contribution in [0.15, 0.2) is 48.5 Å². The van der Waals surface area contributed by atoms with E-state index in [0.29, 0.717) is 24.2 Å². The molecule has 2 radical (unpaired) electrons. The molecule has 2 fully saturated rings. The number of rotatable bonds is 7. The van der Waals surface area contributed by atoms with E-state index >= 15 is 0 Å². The van der Waals surface area contributed by atoms with Crippen molar-refractivity contribution in [1.82, 2.24) is 25.1 Å². The van der Waals surface area contributed by atoms with Crippen LogP contribution >= 0.6 is 11.8 Å². The summed E-state index contributed by atoms with van der Waals surface area (Å²) in [5.41, 5.74) is 2.23. The van der Waals surface area contributed by atoms with Gasteiger partial charge in [0.2, 0.25) is 11.8 Å². The van der Waals surface area contributed by atoms with E-state index in [1.165, 1.54) is 17.1 Å². The van der Waals surface area contributed by atoms with Crippen molar-refractivity contribution in [3.05, 3.63) is 65.5 Å². The number of hydrogen-bond acceptors (Lipinski definition) is 5. The van der Waals surface area contributed by atoms with Crippen LogP contribution < -0.4 is 10.8 Å². The summed E-state index contributed by atoms with van der Waals surface area (Å²) < 4.78 is 13.2. The SMILES string of the molecule is [B]c1cccc(CN2C[C@H]3N(C(=O)CN(C)N3C(=O)NCc3ccc(F)cc3)[C@@H](CCSC)C2=O)c1. The number of piperazine rings is 1. The molecular formula is C25H29BFN5O3S.